The zero-order valence-corrected chi connectivity index (χ0v) is 22.7. The highest BCUT2D eigenvalue weighted by Crippen LogP contribution is 2.25. The standard InChI is InChI=1S/C30H39ClN4O3/c31-24-6-4-5-22(21-24)13-16-32-18-15-29(38)35(25-7-2-1-3-8-25)20-19-33-17-14-23-9-11-27(36)30-26(23)10-12-28(37)34-30/h4-6,9-12,21,25,32-33,36H,1-3,7-8,13-20H2,(H,34,37). The molecule has 4 rings (SSSR count). The largest absolute Gasteiger partial charge is 0.506 e. The number of hydrogen-bond acceptors (Lipinski definition) is 5. The summed E-state index contributed by atoms with van der Waals surface area (Å²) in [7, 11) is 0. The predicted molar refractivity (Wildman–Crippen MR) is 154 cm³/mol. The molecule has 1 aliphatic rings. The maximum absolute atomic E-state index is 13.2. The molecule has 2 aromatic carbocycles. The van der Waals surface area contributed by atoms with E-state index in [0.29, 0.717) is 31.1 Å². The van der Waals surface area contributed by atoms with E-state index in [-0.39, 0.29) is 17.2 Å². The Labute approximate surface area is 229 Å². The highest BCUT2D eigenvalue weighted by Gasteiger charge is 2.24. The van der Waals surface area contributed by atoms with Crippen LogP contribution < -0.4 is 16.2 Å². The van der Waals surface area contributed by atoms with Crippen LogP contribution >= 0.6 is 11.6 Å². The van der Waals surface area contributed by atoms with Crippen molar-refractivity contribution in [2.24, 2.45) is 0 Å². The summed E-state index contributed by atoms with van der Waals surface area (Å²) in [6, 6.07) is 15.0. The number of aromatic nitrogens is 1. The molecule has 0 radical (unpaired) electrons. The fourth-order valence-electron chi connectivity index (χ4n) is 5.36. The molecule has 1 heterocycles. The number of amides is 1. The third-order valence-electron chi connectivity index (χ3n) is 7.39. The van der Waals surface area contributed by atoms with Crippen molar-refractivity contribution in [1.82, 2.24) is 20.5 Å². The molecule has 204 valence electrons. The number of nitrogens with zero attached hydrogens (tertiary/aromatic N) is 1. The van der Waals surface area contributed by atoms with Crippen molar-refractivity contribution >= 4 is 28.4 Å². The van der Waals surface area contributed by atoms with Gasteiger partial charge in [-0.1, -0.05) is 49.1 Å². The second kappa shape index (κ2) is 14.3. The summed E-state index contributed by atoms with van der Waals surface area (Å²) in [5, 5.41) is 18.6. The molecule has 1 aromatic heterocycles. The van der Waals surface area contributed by atoms with Gasteiger partial charge in [0, 0.05) is 48.6 Å². The van der Waals surface area contributed by atoms with Crippen molar-refractivity contribution in [3.05, 3.63) is 75.0 Å². The minimum absolute atomic E-state index is 0.0787. The van der Waals surface area contributed by atoms with E-state index in [1.807, 2.05) is 24.3 Å². The molecular weight excluding hydrogens is 500 g/mol. The smallest absolute Gasteiger partial charge is 0.248 e. The van der Waals surface area contributed by atoms with Crippen LogP contribution in [0.25, 0.3) is 10.9 Å². The SMILES string of the molecule is O=C(CCNCCc1cccc(Cl)c1)N(CCNCCc1ccc(O)c2[nH]c(=O)ccc12)C1CCCCC1. The summed E-state index contributed by atoms with van der Waals surface area (Å²) in [5.41, 5.74) is 2.50. The Morgan fingerprint density at radius 2 is 1.76 bits per heavy atom. The van der Waals surface area contributed by atoms with Crippen LogP contribution in [-0.4, -0.2) is 59.7 Å². The number of H-pyrrole nitrogens is 1. The summed E-state index contributed by atoms with van der Waals surface area (Å²) in [4.78, 5) is 29.7. The number of benzene rings is 2. The maximum Gasteiger partial charge on any atom is 0.248 e. The second-order valence-electron chi connectivity index (χ2n) is 10.1. The molecule has 38 heavy (non-hydrogen) atoms. The Hall–Kier alpha value is -2.87. The Bertz CT molecular complexity index is 1260. The first-order chi connectivity index (χ1) is 18.5. The van der Waals surface area contributed by atoms with Crippen LogP contribution in [0.2, 0.25) is 5.02 Å². The van der Waals surface area contributed by atoms with Gasteiger partial charge < -0.3 is 25.6 Å². The molecule has 0 saturated heterocycles. The van der Waals surface area contributed by atoms with E-state index >= 15 is 0 Å². The van der Waals surface area contributed by atoms with Gasteiger partial charge in [0.25, 0.3) is 0 Å². The number of carbonyl (C=O) groups is 1. The lowest BCUT2D eigenvalue weighted by atomic mass is 9.94. The third kappa shape index (κ3) is 8.06. The third-order valence-corrected chi connectivity index (χ3v) is 7.63. The number of phenols is 1. The molecule has 0 unspecified atom stereocenters. The lowest BCUT2D eigenvalue weighted by Gasteiger charge is -2.34. The highest BCUT2D eigenvalue weighted by molar-refractivity contribution is 6.30. The Balaban J connectivity index is 1.23. The lowest BCUT2D eigenvalue weighted by Crippen LogP contribution is -2.45. The molecule has 1 saturated carbocycles. The normalized spacial score (nSPS) is 14.1. The number of nitrogens with one attached hydrogen (secondary N) is 3. The van der Waals surface area contributed by atoms with Gasteiger partial charge in [-0.3, -0.25) is 9.59 Å². The number of fused-ring (bicyclic) bond motifs is 1. The molecule has 3 aromatic rings. The van der Waals surface area contributed by atoms with Crippen molar-refractivity contribution in [2.75, 3.05) is 32.7 Å². The van der Waals surface area contributed by atoms with Crippen LogP contribution in [0.5, 0.6) is 5.75 Å². The number of hydrogen-bond donors (Lipinski definition) is 4. The quantitative estimate of drug-likeness (QED) is 0.242. The van der Waals surface area contributed by atoms with Crippen LogP contribution in [-0.2, 0) is 17.6 Å². The maximum atomic E-state index is 13.2. The summed E-state index contributed by atoms with van der Waals surface area (Å²) in [5.74, 6) is 0.303. The Kier molecular flexibility index (Phi) is 10.6. The van der Waals surface area contributed by atoms with E-state index in [9.17, 15) is 14.7 Å². The van der Waals surface area contributed by atoms with Gasteiger partial charge in [0.1, 0.15) is 5.75 Å². The summed E-state index contributed by atoms with van der Waals surface area (Å²) in [6.07, 6.45) is 7.97. The summed E-state index contributed by atoms with van der Waals surface area (Å²) >= 11 is 6.07. The minimum atomic E-state index is -0.230. The molecule has 7 nitrogen and oxygen atoms in total. The zero-order chi connectivity index (χ0) is 26.7. The molecule has 0 bridgehead atoms. The number of aromatic hydroxyl groups is 1. The molecule has 4 N–H and O–H groups in total. The van der Waals surface area contributed by atoms with Crippen LogP contribution in [0.4, 0.5) is 0 Å². The van der Waals surface area contributed by atoms with E-state index < -0.39 is 0 Å². The molecule has 1 fully saturated rings. The predicted octanol–water partition coefficient (Wildman–Crippen LogP) is 4.40. The average Bonchev–Trinajstić information content (AvgIpc) is 2.92. The van der Waals surface area contributed by atoms with Crippen molar-refractivity contribution in [2.45, 2.75) is 57.4 Å². The number of rotatable bonds is 13. The summed E-state index contributed by atoms with van der Waals surface area (Å²) in [6.45, 7) is 3.67. The van der Waals surface area contributed by atoms with Gasteiger partial charge in [0.05, 0.1) is 5.52 Å². The topological polar surface area (TPSA) is 97.5 Å². The van der Waals surface area contributed by atoms with Gasteiger partial charge in [-0.05, 0) is 74.2 Å². The van der Waals surface area contributed by atoms with E-state index in [4.69, 9.17) is 11.6 Å². The zero-order valence-electron chi connectivity index (χ0n) is 22.0. The second-order valence-corrected chi connectivity index (χ2v) is 10.6. The summed E-state index contributed by atoms with van der Waals surface area (Å²) < 4.78 is 0. The van der Waals surface area contributed by atoms with Crippen LogP contribution in [0.1, 0.15) is 49.7 Å². The Morgan fingerprint density at radius 3 is 2.58 bits per heavy atom. The monoisotopic (exact) mass is 538 g/mol. The molecule has 8 heteroatoms. The van der Waals surface area contributed by atoms with Crippen molar-refractivity contribution in [3.63, 3.8) is 0 Å². The van der Waals surface area contributed by atoms with Gasteiger partial charge in [0.2, 0.25) is 11.5 Å². The van der Waals surface area contributed by atoms with Crippen LogP contribution in [0, 0.1) is 0 Å². The van der Waals surface area contributed by atoms with Crippen molar-refractivity contribution in [1.29, 1.82) is 0 Å². The molecule has 0 atom stereocenters. The number of phenolic OH excluding ortho intramolecular Hbond substituents is 1. The van der Waals surface area contributed by atoms with Crippen LogP contribution in [0.3, 0.4) is 0 Å². The molecule has 0 spiro atoms. The number of carbonyl (C=O) groups excluding carboxylic acids is 1. The highest BCUT2D eigenvalue weighted by atomic mass is 35.5. The fraction of sp³-hybridized carbons (Fsp3) is 0.467. The van der Waals surface area contributed by atoms with Gasteiger partial charge >= 0.3 is 0 Å². The Morgan fingerprint density at radius 1 is 0.974 bits per heavy atom. The van der Waals surface area contributed by atoms with Crippen molar-refractivity contribution < 1.29 is 9.90 Å². The van der Waals surface area contributed by atoms with Crippen molar-refractivity contribution in [3.8, 4) is 5.75 Å². The first kappa shape index (κ1) is 28.1. The number of halogens is 1. The van der Waals surface area contributed by atoms with Gasteiger partial charge in [-0.2, -0.15) is 0 Å². The van der Waals surface area contributed by atoms with Crippen LogP contribution in [0.15, 0.2) is 53.3 Å². The first-order valence-electron chi connectivity index (χ1n) is 13.8. The van der Waals surface area contributed by atoms with Gasteiger partial charge in [0.15, 0.2) is 0 Å². The van der Waals surface area contributed by atoms with Gasteiger partial charge in [-0.25, -0.2) is 0 Å². The fourth-order valence-corrected chi connectivity index (χ4v) is 5.57. The average molecular weight is 539 g/mol. The number of pyridine rings is 1. The molecule has 0 aliphatic heterocycles. The molecular formula is C30H39ClN4O3. The van der Waals surface area contributed by atoms with E-state index in [2.05, 4.69) is 26.6 Å². The van der Waals surface area contributed by atoms with E-state index in [1.165, 1.54) is 30.9 Å². The van der Waals surface area contributed by atoms with E-state index in [1.54, 1.807) is 12.1 Å². The van der Waals surface area contributed by atoms with E-state index in [0.717, 1.165) is 61.3 Å². The lowest BCUT2D eigenvalue weighted by molar-refractivity contribution is -0.134. The molecule has 1 aliphatic carbocycles. The van der Waals surface area contributed by atoms with Gasteiger partial charge in [-0.15, -0.1) is 0 Å². The minimum Gasteiger partial charge on any atom is -0.506 e. The molecule has 1 amide bonds. The number of aromatic amines is 1. The first-order valence-corrected chi connectivity index (χ1v) is 14.2.